The third-order valence-corrected chi connectivity index (χ3v) is 4.65. The number of ether oxygens (including phenoxy) is 2. The molecule has 31 heavy (non-hydrogen) atoms. The van der Waals surface area contributed by atoms with E-state index in [-0.39, 0.29) is 11.8 Å². The molecule has 2 N–H and O–H groups in total. The molecule has 2 aromatic rings. The van der Waals surface area contributed by atoms with Crippen molar-refractivity contribution in [3.63, 3.8) is 0 Å². The van der Waals surface area contributed by atoms with Gasteiger partial charge in [0.15, 0.2) is 11.5 Å². The zero-order valence-corrected chi connectivity index (χ0v) is 18.9. The number of benzene rings is 2. The zero-order chi connectivity index (χ0) is 22.8. The monoisotopic (exact) mass is 445 g/mol. The maximum absolute atomic E-state index is 12.7. The van der Waals surface area contributed by atoms with Gasteiger partial charge >= 0.3 is 0 Å². The van der Waals surface area contributed by atoms with Crippen molar-refractivity contribution in [2.75, 3.05) is 13.7 Å². The minimum absolute atomic E-state index is 0.147. The predicted molar refractivity (Wildman–Crippen MR) is 122 cm³/mol. The second-order valence-corrected chi connectivity index (χ2v) is 7.60. The maximum Gasteiger partial charge on any atom is 0.262 e. The van der Waals surface area contributed by atoms with Crippen LogP contribution >= 0.6 is 11.6 Å². The van der Waals surface area contributed by atoms with Crippen molar-refractivity contribution in [3.05, 3.63) is 58.6 Å². The Morgan fingerprint density at radius 3 is 2.48 bits per heavy atom. The summed E-state index contributed by atoms with van der Waals surface area (Å²) in [6.07, 6.45) is 2.33. The minimum atomic E-state index is -0.763. The van der Waals surface area contributed by atoms with Crippen molar-refractivity contribution in [1.82, 2.24) is 10.7 Å². The average Bonchev–Trinajstić information content (AvgIpc) is 2.76. The smallest absolute Gasteiger partial charge is 0.262 e. The topological polar surface area (TPSA) is 89.0 Å². The Kier molecular flexibility index (Phi) is 9.34. The van der Waals surface area contributed by atoms with E-state index in [2.05, 4.69) is 15.8 Å². The highest BCUT2D eigenvalue weighted by Crippen LogP contribution is 2.30. The molecule has 0 aliphatic rings. The molecule has 0 aromatic heterocycles. The van der Waals surface area contributed by atoms with Gasteiger partial charge in [-0.1, -0.05) is 38.4 Å². The van der Waals surface area contributed by atoms with Gasteiger partial charge in [0.25, 0.3) is 11.8 Å². The molecular weight excluding hydrogens is 418 g/mol. The van der Waals surface area contributed by atoms with Gasteiger partial charge in [-0.2, -0.15) is 5.10 Å². The van der Waals surface area contributed by atoms with Gasteiger partial charge in [-0.25, -0.2) is 5.43 Å². The number of carbonyl (C=O) groups excluding carboxylic acids is 2. The maximum atomic E-state index is 12.7. The zero-order valence-electron chi connectivity index (χ0n) is 18.1. The van der Waals surface area contributed by atoms with Crippen LogP contribution in [0.5, 0.6) is 11.5 Å². The lowest BCUT2D eigenvalue weighted by molar-refractivity contribution is -0.123. The molecule has 0 spiro atoms. The van der Waals surface area contributed by atoms with Crippen LogP contribution in [0, 0.1) is 5.92 Å². The first kappa shape index (κ1) is 24.2. The first-order chi connectivity index (χ1) is 14.9. The second-order valence-electron chi connectivity index (χ2n) is 7.16. The Labute approximate surface area is 187 Å². The van der Waals surface area contributed by atoms with E-state index in [0.29, 0.717) is 34.3 Å². The molecule has 0 saturated heterocycles. The second kappa shape index (κ2) is 12.0. The summed E-state index contributed by atoms with van der Waals surface area (Å²) < 4.78 is 11.1. The molecule has 0 radical (unpaired) electrons. The summed E-state index contributed by atoms with van der Waals surface area (Å²) in [5.41, 5.74) is 3.58. The van der Waals surface area contributed by atoms with Gasteiger partial charge in [0, 0.05) is 16.1 Å². The molecule has 0 aliphatic heterocycles. The van der Waals surface area contributed by atoms with Crippen LogP contribution in [0.3, 0.4) is 0 Å². The number of carbonyl (C=O) groups is 2. The van der Waals surface area contributed by atoms with Crippen LogP contribution in [0.1, 0.15) is 43.1 Å². The first-order valence-electron chi connectivity index (χ1n) is 10.1. The van der Waals surface area contributed by atoms with Crippen molar-refractivity contribution < 1.29 is 19.1 Å². The quantitative estimate of drug-likeness (QED) is 0.426. The highest BCUT2D eigenvalue weighted by Gasteiger charge is 2.24. The molecule has 0 aliphatic carbocycles. The van der Waals surface area contributed by atoms with Crippen molar-refractivity contribution >= 4 is 29.6 Å². The number of hydrogen-bond acceptors (Lipinski definition) is 5. The Morgan fingerprint density at radius 2 is 1.87 bits per heavy atom. The Hall–Kier alpha value is -3.06. The van der Waals surface area contributed by atoms with Crippen molar-refractivity contribution in [2.45, 2.75) is 33.2 Å². The lowest BCUT2D eigenvalue weighted by atomic mass is 10.0. The van der Waals surface area contributed by atoms with Crippen molar-refractivity contribution in [1.29, 1.82) is 0 Å². The van der Waals surface area contributed by atoms with Gasteiger partial charge in [-0.05, 0) is 48.7 Å². The number of methoxy groups -OCH3 is 1. The van der Waals surface area contributed by atoms with E-state index in [9.17, 15) is 9.59 Å². The van der Waals surface area contributed by atoms with Gasteiger partial charge in [0.1, 0.15) is 6.04 Å². The third-order valence-electron chi connectivity index (χ3n) is 4.40. The van der Waals surface area contributed by atoms with Crippen LogP contribution in [-0.4, -0.2) is 37.8 Å². The molecule has 1 atom stereocenters. The molecule has 2 aromatic carbocycles. The molecule has 1 unspecified atom stereocenters. The van der Waals surface area contributed by atoms with E-state index < -0.39 is 11.9 Å². The van der Waals surface area contributed by atoms with Crippen LogP contribution in [0.4, 0.5) is 0 Å². The number of amides is 2. The van der Waals surface area contributed by atoms with E-state index in [1.807, 2.05) is 32.9 Å². The molecule has 0 heterocycles. The Balaban J connectivity index is 2.09. The number of nitrogens with zero attached hydrogens (tertiary/aromatic N) is 1. The first-order valence-corrected chi connectivity index (χ1v) is 10.4. The number of hydrazone groups is 1. The van der Waals surface area contributed by atoms with Gasteiger partial charge in [-0.3, -0.25) is 9.59 Å². The summed E-state index contributed by atoms with van der Waals surface area (Å²) >= 11 is 5.86. The van der Waals surface area contributed by atoms with E-state index in [1.165, 1.54) is 6.21 Å². The summed E-state index contributed by atoms with van der Waals surface area (Å²) in [6, 6.07) is 11.1. The SMILES string of the molecule is CCCOc1c(C=NNC(=O)C(NC(=O)c2ccc(Cl)cc2)C(C)C)cccc1OC. The summed E-state index contributed by atoms with van der Waals surface area (Å²) in [5.74, 6) is 0.206. The van der Waals surface area contributed by atoms with Gasteiger partial charge in [0.05, 0.1) is 19.9 Å². The van der Waals surface area contributed by atoms with E-state index in [1.54, 1.807) is 37.4 Å². The summed E-state index contributed by atoms with van der Waals surface area (Å²) in [5, 5.41) is 7.33. The largest absolute Gasteiger partial charge is 0.493 e. The van der Waals surface area contributed by atoms with Crippen molar-refractivity contribution in [3.8, 4) is 11.5 Å². The molecule has 0 fully saturated rings. The molecular formula is C23H28ClN3O4. The van der Waals surface area contributed by atoms with Crippen LogP contribution < -0.4 is 20.2 Å². The molecule has 2 rings (SSSR count). The lowest BCUT2D eigenvalue weighted by Crippen LogP contribution is -2.48. The highest BCUT2D eigenvalue weighted by molar-refractivity contribution is 6.30. The van der Waals surface area contributed by atoms with Crippen LogP contribution in [0.25, 0.3) is 0 Å². The summed E-state index contributed by atoms with van der Waals surface area (Å²) in [4.78, 5) is 25.1. The minimum Gasteiger partial charge on any atom is -0.493 e. The van der Waals surface area contributed by atoms with E-state index in [0.717, 1.165) is 6.42 Å². The Morgan fingerprint density at radius 1 is 1.16 bits per heavy atom. The van der Waals surface area contributed by atoms with Crippen LogP contribution in [0.15, 0.2) is 47.6 Å². The highest BCUT2D eigenvalue weighted by atomic mass is 35.5. The van der Waals surface area contributed by atoms with Crippen LogP contribution in [0.2, 0.25) is 5.02 Å². The standard InChI is InChI=1S/C23H28ClN3O4/c1-5-13-31-21-17(7-6-8-19(21)30-4)14-25-27-23(29)20(15(2)3)26-22(28)16-9-11-18(24)12-10-16/h6-12,14-15,20H,5,13H2,1-4H3,(H,26,28)(H,27,29). The summed E-state index contributed by atoms with van der Waals surface area (Å²) in [7, 11) is 1.56. The van der Waals surface area contributed by atoms with E-state index >= 15 is 0 Å². The molecule has 2 amide bonds. The lowest BCUT2D eigenvalue weighted by Gasteiger charge is -2.20. The summed E-state index contributed by atoms with van der Waals surface area (Å²) in [6.45, 7) is 6.22. The average molecular weight is 446 g/mol. The number of hydrogen-bond donors (Lipinski definition) is 2. The third kappa shape index (κ3) is 7.00. The molecule has 7 nitrogen and oxygen atoms in total. The molecule has 0 saturated carbocycles. The van der Waals surface area contributed by atoms with Crippen molar-refractivity contribution in [2.24, 2.45) is 11.0 Å². The number of nitrogens with one attached hydrogen (secondary N) is 2. The number of rotatable bonds is 10. The fourth-order valence-electron chi connectivity index (χ4n) is 2.75. The Bertz CT molecular complexity index is 914. The van der Waals surface area contributed by atoms with Gasteiger partial charge < -0.3 is 14.8 Å². The molecule has 166 valence electrons. The normalized spacial score (nSPS) is 11.9. The molecule has 8 heteroatoms. The fraction of sp³-hybridized carbons (Fsp3) is 0.348. The van der Waals surface area contributed by atoms with Crippen LogP contribution in [-0.2, 0) is 4.79 Å². The predicted octanol–water partition coefficient (Wildman–Crippen LogP) is 4.04. The number of para-hydroxylation sites is 1. The van der Waals surface area contributed by atoms with E-state index in [4.69, 9.17) is 21.1 Å². The number of halogens is 1. The fourth-order valence-corrected chi connectivity index (χ4v) is 2.88. The van der Waals surface area contributed by atoms with Gasteiger partial charge in [-0.15, -0.1) is 0 Å². The molecule has 0 bridgehead atoms. The van der Waals surface area contributed by atoms with Gasteiger partial charge in [0.2, 0.25) is 0 Å².